The van der Waals surface area contributed by atoms with Crippen LogP contribution >= 0.6 is 0 Å². The monoisotopic (exact) mass is 236 g/mol. The van der Waals surface area contributed by atoms with Crippen molar-refractivity contribution < 1.29 is 9.47 Å². The van der Waals surface area contributed by atoms with E-state index in [1.165, 1.54) is 24.9 Å². The molecule has 1 fully saturated rings. The number of aliphatic hydroxyl groups is 1. The van der Waals surface area contributed by atoms with E-state index in [1.54, 1.807) is 0 Å². The SMILES string of the molecule is C[OH+]c1ccc(OC[C@@H]2CCCN2C)cc1C. The van der Waals surface area contributed by atoms with E-state index in [1.807, 2.05) is 19.2 Å². The normalized spacial score (nSPS) is 20.5. The average Bonchev–Trinajstić information content (AvgIpc) is 2.72. The lowest BCUT2D eigenvalue weighted by Gasteiger charge is -2.19. The van der Waals surface area contributed by atoms with Gasteiger partial charge in [0.2, 0.25) is 0 Å². The molecule has 0 unspecified atom stereocenters. The minimum absolute atomic E-state index is 0.575. The van der Waals surface area contributed by atoms with Crippen molar-refractivity contribution in [1.29, 1.82) is 0 Å². The van der Waals surface area contributed by atoms with E-state index in [4.69, 9.17) is 4.74 Å². The van der Waals surface area contributed by atoms with Crippen molar-refractivity contribution in [2.75, 3.05) is 27.3 Å². The number of likely N-dealkylation sites (tertiary alicyclic amines) is 1. The lowest BCUT2D eigenvalue weighted by Crippen LogP contribution is -2.30. The van der Waals surface area contributed by atoms with Crippen LogP contribution in [0.2, 0.25) is 0 Å². The Labute approximate surface area is 103 Å². The van der Waals surface area contributed by atoms with Crippen LogP contribution in [-0.2, 0) is 0 Å². The molecule has 0 radical (unpaired) electrons. The molecule has 1 atom stereocenters. The molecular formula is C14H22NO2+. The quantitative estimate of drug-likeness (QED) is 0.750. The van der Waals surface area contributed by atoms with Crippen LogP contribution in [0.3, 0.4) is 0 Å². The van der Waals surface area contributed by atoms with E-state index in [2.05, 4.69) is 29.7 Å². The van der Waals surface area contributed by atoms with E-state index in [0.717, 1.165) is 18.1 Å². The van der Waals surface area contributed by atoms with Gasteiger partial charge in [0, 0.05) is 17.7 Å². The molecule has 0 spiro atoms. The maximum absolute atomic E-state index is 5.86. The van der Waals surface area contributed by atoms with Gasteiger partial charge in [0.1, 0.15) is 12.4 Å². The van der Waals surface area contributed by atoms with Crippen LogP contribution in [0.25, 0.3) is 0 Å². The lowest BCUT2D eigenvalue weighted by atomic mass is 10.2. The molecular weight excluding hydrogens is 214 g/mol. The molecule has 0 amide bonds. The molecule has 94 valence electrons. The molecule has 1 heterocycles. The minimum atomic E-state index is 0.575. The summed E-state index contributed by atoms with van der Waals surface area (Å²) < 4.78 is 10.1. The number of hydrogen-bond acceptors (Lipinski definition) is 2. The van der Waals surface area contributed by atoms with Crippen molar-refractivity contribution >= 4 is 0 Å². The molecule has 1 aliphatic heterocycles. The molecule has 1 N–H and O–H groups in total. The lowest BCUT2D eigenvalue weighted by molar-refractivity contribution is 0.134. The first-order valence-electron chi connectivity index (χ1n) is 6.24. The number of ether oxygens (including phenoxy) is 2. The highest BCUT2D eigenvalue weighted by Gasteiger charge is 2.21. The number of hydrogen-bond donors (Lipinski definition) is 0. The molecule has 17 heavy (non-hydrogen) atoms. The Hall–Kier alpha value is -1.22. The zero-order valence-corrected chi connectivity index (χ0v) is 10.9. The van der Waals surface area contributed by atoms with Crippen LogP contribution in [0.1, 0.15) is 18.4 Å². The van der Waals surface area contributed by atoms with Gasteiger partial charge in [-0.15, -0.1) is 0 Å². The molecule has 0 bridgehead atoms. The molecule has 0 saturated carbocycles. The Bertz CT molecular complexity index is 378. The van der Waals surface area contributed by atoms with Gasteiger partial charge < -0.3 is 14.4 Å². The molecule has 3 nitrogen and oxygen atoms in total. The van der Waals surface area contributed by atoms with Gasteiger partial charge in [-0.3, -0.25) is 0 Å². The molecule has 1 aliphatic rings. The number of aromatic hydroxyl groups is 1. The van der Waals surface area contributed by atoms with Gasteiger partial charge in [-0.05, 0) is 45.5 Å². The third kappa shape index (κ3) is 2.91. The molecule has 0 aromatic heterocycles. The summed E-state index contributed by atoms with van der Waals surface area (Å²) in [5, 5.41) is 0. The molecule has 2 rings (SSSR count). The second kappa shape index (κ2) is 5.41. The Kier molecular flexibility index (Phi) is 3.89. The Morgan fingerprint density at radius 1 is 1.47 bits per heavy atom. The van der Waals surface area contributed by atoms with E-state index in [9.17, 15) is 0 Å². The van der Waals surface area contributed by atoms with Crippen LogP contribution in [-0.4, -0.2) is 43.0 Å². The summed E-state index contributed by atoms with van der Waals surface area (Å²) in [6.07, 6.45) is 2.54. The van der Waals surface area contributed by atoms with Crippen molar-refractivity contribution in [1.82, 2.24) is 4.90 Å². The average molecular weight is 236 g/mol. The van der Waals surface area contributed by atoms with Crippen LogP contribution in [0.5, 0.6) is 11.5 Å². The maximum atomic E-state index is 5.86. The standard InChI is InChI=1S/C14H21NO2/c1-11-9-13(6-7-14(11)16-3)17-10-12-5-4-8-15(12)2/h6-7,9,12H,4-5,8,10H2,1-3H3/p+1/t12-/m0/s1. The second-order valence-electron chi connectivity index (χ2n) is 4.76. The maximum Gasteiger partial charge on any atom is 0.257 e. The van der Waals surface area contributed by atoms with Gasteiger partial charge in [0.05, 0.1) is 0 Å². The first-order valence-corrected chi connectivity index (χ1v) is 6.24. The minimum Gasteiger partial charge on any atom is -0.584 e. The summed E-state index contributed by atoms with van der Waals surface area (Å²) in [5.74, 6) is 1.99. The predicted octanol–water partition coefficient (Wildman–Crippen LogP) is 2.34. The number of aryl methyl sites for hydroxylation is 1. The number of nitrogens with zero attached hydrogens (tertiary/aromatic N) is 1. The van der Waals surface area contributed by atoms with Gasteiger partial charge in [0.15, 0.2) is 7.11 Å². The van der Waals surface area contributed by atoms with Gasteiger partial charge in [-0.1, -0.05) is 0 Å². The van der Waals surface area contributed by atoms with E-state index >= 15 is 0 Å². The predicted molar refractivity (Wildman–Crippen MR) is 69.9 cm³/mol. The van der Waals surface area contributed by atoms with Gasteiger partial charge in [0.25, 0.3) is 5.75 Å². The smallest absolute Gasteiger partial charge is 0.257 e. The molecule has 0 aliphatic carbocycles. The second-order valence-corrected chi connectivity index (χ2v) is 4.76. The van der Waals surface area contributed by atoms with Gasteiger partial charge in [-0.2, -0.15) is 0 Å². The third-order valence-corrected chi connectivity index (χ3v) is 3.52. The van der Waals surface area contributed by atoms with Gasteiger partial charge in [-0.25, -0.2) is 0 Å². The zero-order valence-electron chi connectivity index (χ0n) is 10.9. The van der Waals surface area contributed by atoms with Crippen LogP contribution < -0.4 is 4.74 Å². The van der Waals surface area contributed by atoms with Crippen LogP contribution in [0.4, 0.5) is 0 Å². The molecule has 1 aromatic carbocycles. The number of likely N-dealkylation sites (N-methyl/N-ethyl adjacent to an activating group) is 1. The van der Waals surface area contributed by atoms with Crippen molar-refractivity contribution in [3.05, 3.63) is 23.8 Å². The van der Waals surface area contributed by atoms with Crippen LogP contribution in [0, 0.1) is 6.92 Å². The topological polar surface area (TPSA) is 25.3 Å². The first kappa shape index (κ1) is 12.2. The van der Waals surface area contributed by atoms with E-state index in [0.29, 0.717) is 6.04 Å². The third-order valence-electron chi connectivity index (χ3n) is 3.52. The fraction of sp³-hybridized carbons (Fsp3) is 0.571. The van der Waals surface area contributed by atoms with Crippen molar-refractivity contribution in [2.45, 2.75) is 25.8 Å². The Morgan fingerprint density at radius 2 is 2.29 bits per heavy atom. The van der Waals surface area contributed by atoms with Crippen LogP contribution in [0.15, 0.2) is 18.2 Å². The summed E-state index contributed by atoms with van der Waals surface area (Å²) in [4.78, 5) is 2.38. The summed E-state index contributed by atoms with van der Waals surface area (Å²) in [7, 11) is 3.99. The van der Waals surface area contributed by atoms with Crippen molar-refractivity contribution in [2.24, 2.45) is 0 Å². The van der Waals surface area contributed by atoms with Crippen molar-refractivity contribution in [3.8, 4) is 11.5 Å². The highest BCUT2D eigenvalue weighted by atomic mass is 16.5. The largest absolute Gasteiger partial charge is 0.584 e. The summed E-state index contributed by atoms with van der Waals surface area (Å²) in [6, 6.07) is 6.66. The highest BCUT2D eigenvalue weighted by molar-refractivity contribution is 5.38. The summed E-state index contributed by atoms with van der Waals surface area (Å²) >= 11 is 0. The Balaban J connectivity index is 1.92. The Morgan fingerprint density at radius 3 is 2.88 bits per heavy atom. The molecule has 1 aromatic rings. The van der Waals surface area contributed by atoms with E-state index in [-0.39, 0.29) is 0 Å². The summed E-state index contributed by atoms with van der Waals surface area (Å²) in [6.45, 7) is 4.05. The molecule has 3 heteroatoms. The number of benzene rings is 1. The van der Waals surface area contributed by atoms with E-state index < -0.39 is 0 Å². The fourth-order valence-corrected chi connectivity index (χ4v) is 2.35. The van der Waals surface area contributed by atoms with Gasteiger partial charge >= 0.3 is 0 Å². The van der Waals surface area contributed by atoms with Crippen molar-refractivity contribution in [3.63, 3.8) is 0 Å². The zero-order chi connectivity index (χ0) is 12.3. The highest BCUT2D eigenvalue weighted by Crippen LogP contribution is 2.24. The fourth-order valence-electron chi connectivity index (χ4n) is 2.35. The molecule has 1 saturated heterocycles. The first-order chi connectivity index (χ1) is 8.20. The number of rotatable bonds is 4. The summed E-state index contributed by atoms with van der Waals surface area (Å²) in [5.41, 5.74) is 1.17.